The van der Waals surface area contributed by atoms with Crippen LogP contribution in [-0.4, -0.2) is 29.7 Å². The Kier molecular flexibility index (Phi) is 5.05. The molecule has 1 aromatic rings. The first-order valence-electron chi connectivity index (χ1n) is 7.62. The zero-order valence-electron chi connectivity index (χ0n) is 13.2. The summed E-state index contributed by atoms with van der Waals surface area (Å²) in [6.07, 6.45) is 6.37. The number of hydrogen-bond acceptors (Lipinski definition) is 2. The molecule has 0 radical (unpaired) electrons. The van der Waals surface area contributed by atoms with Crippen molar-refractivity contribution in [2.24, 2.45) is 5.92 Å². The predicted octanol–water partition coefficient (Wildman–Crippen LogP) is 4.04. The Labute approximate surface area is 127 Å². The van der Waals surface area contributed by atoms with Gasteiger partial charge in [0.25, 0.3) is 0 Å². The van der Waals surface area contributed by atoms with Gasteiger partial charge in [0.1, 0.15) is 5.60 Å². The molecule has 3 nitrogen and oxygen atoms in total. The third kappa shape index (κ3) is 5.25. The minimum absolute atomic E-state index is 0.198. The Morgan fingerprint density at radius 3 is 2.57 bits per heavy atom. The second-order valence-corrected chi connectivity index (χ2v) is 6.60. The minimum atomic E-state index is -0.409. The van der Waals surface area contributed by atoms with Crippen LogP contribution in [0.15, 0.2) is 42.5 Å². The van der Waals surface area contributed by atoms with Crippen LogP contribution in [0.5, 0.6) is 0 Å². The van der Waals surface area contributed by atoms with E-state index >= 15 is 0 Å². The van der Waals surface area contributed by atoms with E-state index in [9.17, 15) is 4.79 Å². The van der Waals surface area contributed by atoms with Crippen LogP contribution in [0.3, 0.4) is 0 Å². The number of rotatable bonds is 4. The molecule has 1 aromatic carbocycles. The predicted molar refractivity (Wildman–Crippen MR) is 85.2 cm³/mol. The lowest BCUT2D eigenvalue weighted by Gasteiger charge is -2.38. The van der Waals surface area contributed by atoms with Crippen molar-refractivity contribution in [3.8, 4) is 0 Å². The molecule has 0 aromatic heterocycles. The fraction of sp³-hybridized carbons (Fsp3) is 0.500. The van der Waals surface area contributed by atoms with Crippen LogP contribution in [-0.2, 0) is 11.2 Å². The summed E-state index contributed by atoms with van der Waals surface area (Å²) in [7, 11) is 0. The van der Waals surface area contributed by atoms with Gasteiger partial charge in [0.2, 0.25) is 0 Å². The van der Waals surface area contributed by atoms with E-state index in [1.54, 1.807) is 4.90 Å². The van der Waals surface area contributed by atoms with E-state index in [0.717, 1.165) is 25.9 Å². The summed E-state index contributed by atoms with van der Waals surface area (Å²) in [6, 6.07) is 10.5. The first-order valence-corrected chi connectivity index (χ1v) is 7.62. The van der Waals surface area contributed by atoms with Crippen molar-refractivity contribution < 1.29 is 9.53 Å². The van der Waals surface area contributed by atoms with E-state index in [-0.39, 0.29) is 6.09 Å². The van der Waals surface area contributed by atoms with Crippen LogP contribution in [0, 0.1) is 5.92 Å². The number of amides is 1. The van der Waals surface area contributed by atoms with Gasteiger partial charge in [-0.15, -0.1) is 0 Å². The lowest BCUT2D eigenvalue weighted by Crippen LogP contribution is -2.50. The van der Waals surface area contributed by atoms with Gasteiger partial charge < -0.3 is 9.64 Å². The highest BCUT2D eigenvalue weighted by Crippen LogP contribution is 2.20. The summed E-state index contributed by atoms with van der Waals surface area (Å²) in [5.41, 5.74) is 0.958. The van der Waals surface area contributed by atoms with Gasteiger partial charge >= 0.3 is 6.09 Å². The maximum atomic E-state index is 11.8. The smallest absolute Gasteiger partial charge is 0.410 e. The van der Waals surface area contributed by atoms with Crippen molar-refractivity contribution >= 4 is 6.09 Å². The molecule has 21 heavy (non-hydrogen) atoms. The molecule has 0 unspecified atom stereocenters. The monoisotopic (exact) mass is 287 g/mol. The van der Waals surface area contributed by atoms with E-state index in [1.165, 1.54) is 5.56 Å². The number of ether oxygens (including phenoxy) is 1. The van der Waals surface area contributed by atoms with Crippen molar-refractivity contribution in [1.29, 1.82) is 0 Å². The van der Waals surface area contributed by atoms with Crippen molar-refractivity contribution in [3.63, 3.8) is 0 Å². The van der Waals surface area contributed by atoms with Gasteiger partial charge in [0.05, 0.1) is 0 Å². The second-order valence-electron chi connectivity index (χ2n) is 6.60. The van der Waals surface area contributed by atoms with Gasteiger partial charge in [-0.2, -0.15) is 0 Å². The Balaban J connectivity index is 1.64. The molecule has 1 aliphatic rings. The first-order chi connectivity index (χ1) is 9.94. The van der Waals surface area contributed by atoms with Crippen LogP contribution in [0.25, 0.3) is 0 Å². The van der Waals surface area contributed by atoms with Crippen molar-refractivity contribution in [3.05, 3.63) is 48.0 Å². The van der Waals surface area contributed by atoms with Crippen LogP contribution >= 0.6 is 0 Å². The molecule has 0 N–H and O–H groups in total. The molecular weight excluding hydrogens is 262 g/mol. The summed E-state index contributed by atoms with van der Waals surface area (Å²) in [4.78, 5) is 13.5. The number of benzene rings is 1. The Hall–Kier alpha value is -1.77. The lowest BCUT2D eigenvalue weighted by molar-refractivity contribution is 0.00490. The number of allylic oxidation sites excluding steroid dienone is 1. The average Bonchev–Trinajstić information content (AvgIpc) is 2.35. The summed E-state index contributed by atoms with van der Waals surface area (Å²) >= 11 is 0. The van der Waals surface area contributed by atoms with E-state index in [1.807, 2.05) is 26.8 Å². The molecule has 3 heteroatoms. The first kappa shape index (κ1) is 15.6. The SMILES string of the molecule is CC(C)(C)OC(=O)N1CC(/C=C/CCc2ccccc2)C1. The van der Waals surface area contributed by atoms with E-state index in [4.69, 9.17) is 4.74 Å². The fourth-order valence-corrected chi connectivity index (χ4v) is 2.29. The number of carbonyl (C=O) groups excluding carboxylic acids is 1. The fourth-order valence-electron chi connectivity index (χ4n) is 2.29. The summed E-state index contributed by atoms with van der Waals surface area (Å²) in [6.45, 7) is 7.23. The molecule has 114 valence electrons. The van der Waals surface area contributed by atoms with E-state index in [0.29, 0.717) is 5.92 Å². The highest BCUT2D eigenvalue weighted by Gasteiger charge is 2.31. The number of aryl methyl sites for hydroxylation is 1. The summed E-state index contributed by atoms with van der Waals surface area (Å²) < 4.78 is 5.34. The number of hydrogen-bond donors (Lipinski definition) is 0. The highest BCUT2D eigenvalue weighted by atomic mass is 16.6. The summed E-state index contributed by atoms with van der Waals surface area (Å²) in [5, 5.41) is 0. The molecule has 1 saturated heterocycles. The van der Waals surface area contributed by atoms with Crippen molar-refractivity contribution in [2.45, 2.75) is 39.2 Å². The molecule has 0 saturated carbocycles. The van der Waals surface area contributed by atoms with Crippen LogP contribution in [0.4, 0.5) is 4.79 Å². The van der Waals surface area contributed by atoms with Crippen LogP contribution in [0.1, 0.15) is 32.8 Å². The highest BCUT2D eigenvalue weighted by molar-refractivity contribution is 5.69. The Bertz CT molecular complexity index is 482. The molecule has 0 spiro atoms. The largest absolute Gasteiger partial charge is 0.444 e. The lowest BCUT2D eigenvalue weighted by atomic mass is 9.99. The molecule has 1 fully saturated rings. The van der Waals surface area contributed by atoms with E-state index in [2.05, 4.69) is 36.4 Å². The third-order valence-corrected chi connectivity index (χ3v) is 3.41. The van der Waals surface area contributed by atoms with E-state index < -0.39 is 5.60 Å². The second kappa shape index (κ2) is 6.79. The number of carbonyl (C=O) groups is 1. The van der Waals surface area contributed by atoms with Crippen LogP contribution < -0.4 is 0 Å². The van der Waals surface area contributed by atoms with Gasteiger partial charge in [0, 0.05) is 19.0 Å². The average molecular weight is 287 g/mol. The molecule has 1 amide bonds. The molecule has 0 atom stereocenters. The molecule has 1 heterocycles. The molecular formula is C18H25NO2. The molecule has 0 aliphatic carbocycles. The van der Waals surface area contributed by atoms with Gasteiger partial charge in [-0.25, -0.2) is 4.79 Å². The zero-order chi connectivity index (χ0) is 15.3. The summed E-state index contributed by atoms with van der Waals surface area (Å²) in [5.74, 6) is 0.480. The van der Waals surface area contributed by atoms with Gasteiger partial charge in [-0.1, -0.05) is 42.5 Å². The minimum Gasteiger partial charge on any atom is -0.444 e. The quantitative estimate of drug-likeness (QED) is 0.782. The van der Waals surface area contributed by atoms with Gasteiger partial charge in [-0.05, 0) is 39.2 Å². The zero-order valence-corrected chi connectivity index (χ0v) is 13.2. The molecule has 0 bridgehead atoms. The number of nitrogens with zero attached hydrogens (tertiary/aromatic N) is 1. The standard InChI is InChI=1S/C18H25NO2/c1-18(2,3)21-17(20)19-13-16(14-19)12-8-7-11-15-9-5-4-6-10-15/h4-6,8-10,12,16H,7,11,13-14H2,1-3H3/b12-8+. The third-order valence-electron chi connectivity index (χ3n) is 3.41. The normalized spacial score (nSPS) is 16.0. The number of likely N-dealkylation sites (tertiary alicyclic amines) is 1. The molecule has 1 aliphatic heterocycles. The van der Waals surface area contributed by atoms with Crippen molar-refractivity contribution in [2.75, 3.05) is 13.1 Å². The topological polar surface area (TPSA) is 29.5 Å². The van der Waals surface area contributed by atoms with Crippen LogP contribution in [0.2, 0.25) is 0 Å². The Morgan fingerprint density at radius 1 is 1.29 bits per heavy atom. The maximum absolute atomic E-state index is 11.8. The molecule has 2 rings (SSSR count). The van der Waals surface area contributed by atoms with Gasteiger partial charge in [0.15, 0.2) is 0 Å². The maximum Gasteiger partial charge on any atom is 0.410 e. The van der Waals surface area contributed by atoms with Gasteiger partial charge in [-0.3, -0.25) is 0 Å². The van der Waals surface area contributed by atoms with Crippen molar-refractivity contribution in [1.82, 2.24) is 4.90 Å². The Morgan fingerprint density at radius 2 is 1.95 bits per heavy atom.